The molecule has 1 atom stereocenters. The smallest absolute Gasteiger partial charge is 0.0843 e. The molecular formula is C12H11Br3N2S. The molecule has 1 N–H and O–H groups in total. The summed E-state index contributed by atoms with van der Waals surface area (Å²) in [7, 11) is 1.98. The van der Waals surface area contributed by atoms with Crippen molar-refractivity contribution in [3.8, 4) is 0 Å². The van der Waals surface area contributed by atoms with Crippen molar-refractivity contribution >= 4 is 59.1 Å². The van der Waals surface area contributed by atoms with E-state index in [0.29, 0.717) is 6.04 Å². The number of rotatable bonds is 4. The number of pyridine rings is 1. The highest BCUT2D eigenvalue weighted by molar-refractivity contribution is 9.13. The van der Waals surface area contributed by atoms with Crippen molar-refractivity contribution in [2.75, 3.05) is 7.05 Å². The molecule has 2 aromatic heterocycles. The lowest BCUT2D eigenvalue weighted by atomic mass is 10.1. The first-order valence-corrected chi connectivity index (χ1v) is 8.51. The van der Waals surface area contributed by atoms with Gasteiger partial charge in [0.2, 0.25) is 0 Å². The summed E-state index contributed by atoms with van der Waals surface area (Å²) in [6.45, 7) is 0. The Balaban J connectivity index is 2.19. The lowest BCUT2D eigenvalue weighted by Gasteiger charge is -2.14. The van der Waals surface area contributed by atoms with Gasteiger partial charge in [-0.3, -0.25) is 4.98 Å². The molecule has 0 saturated carbocycles. The third-order valence-electron chi connectivity index (χ3n) is 2.56. The van der Waals surface area contributed by atoms with Crippen LogP contribution in [0, 0.1) is 0 Å². The summed E-state index contributed by atoms with van der Waals surface area (Å²) in [6, 6.07) is 4.56. The Hall–Kier alpha value is 0.250. The van der Waals surface area contributed by atoms with Crippen LogP contribution in [0.4, 0.5) is 0 Å². The van der Waals surface area contributed by atoms with Gasteiger partial charge in [-0.2, -0.15) is 0 Å². The van der Waals surface area contributed by atoms with E-state index in [1.54, 1.807) is 17.5 Å². The Morgan fingerprint density at radius 1 is 1.28 bits per heavy atom. The van der Waals surface area contributed by atoms with Gasteiger partial charge < -0.3 is 5.32 Å². The van der Waals surface area contributed by atoms with Crippen LogP contribution in [-0.2, 0) is 6.42 Å². The minimum absolute atomic E-state index is 0.300. The minimum Gasteiger partial charge on any atom is -0.312 e. The summed E-state index contributed by atoms with van der Waals surface area (Å²) in [4.78, 5) is 5.50. The van der Waals surface area contributed by atoms with Gasteiger partial charge in [0.1, 0.15) is 0 Å². The summed E-state index contributed by atoms with van der Waals surface area (Å²) < 4.78 is 3.25. The molecule has 2 heterocycles. The van der Waals surface area contributed by atoms with Crippen LogP contribution in [0.2, 0.25) is 0 Å². The molecule has 2 nitrogen and oxygen atoms in total. The zero-order valence-electron chi connectivity index (χ0n) is 9.58. The molecule has 1 unspecified atom stereocenters. The van der Waals surface area contributed by atoms with Gasteiger partial charge in [-0.15, -0.1) is 11.3 Å². The van der Waals surface area contributed by atoms with Gasteiger partial charge in [0.05, 0.1) is 3.79 Å². The predicted molar refractivity (Wildman–Crippen MR) is 87.2 cm³/mol. The zero-order valence-corrected chi connectivity index (χ0v) is 15.2. The first kappa shape index (κ1) is 14.7. The highest BCUT2D eigenvalue weighted by Crippen LogP contribution is 2.36. The van der Waals surface area contributed by atoms with Gasteiger partial charge in [-0.05, 0) is 79.0 Å². The van der Waals surface area contributed by atoms with Crippen LogP contribution >= 0.6 is 59.1 Å². The van der Waals surface area contributed by atoms with Gasteiger partial charge in [-0.25, -0.2) is 0 Å². The van der Waals surface area contributed by atoms with E-state index >= 15 is 0 Å². The second-order valence-electron chi connectivity index (χ2n) is 3.83. The van der Waals surface area contributed by atoms with Crippen LogP contribution in [0.3, 0.4) is 0 Å². The van der Waals surface area contributed by atoms with E-state index in [-0.39, 0.29) is 0 Å². The van der Waals surface area contributed by atoms with Crippen molar-refractivity contribution in [1.29, 1.82) is 0 Å². The summed E-state index contributed by atoms with van der Waals surface area (Å²) in [6.07, 6.45) is 4.63. The van der Waals surface area contributed by atoms with Gasteiger partial charge >= 0.3 is 0 Å². The van der Waals surface area contributed by atoms with Gasteiger partial charge in [0.25, 0.3) is 0 Å². The Morgan fingerprint density at radius 2 is 2.06 bits per heavy atom. The molecule has 2 aromatic rings. The molecule has 0 radical (unpaired) electrons. The predicted octanol–water partition coefficient (Wildman–Crippen LogP) is 4.93. The molecule has 0 spiro atoms. The van der Waals surface area contributed by atoms with Crippen molar-refractivity contribution in [2.24, 2.45) is 0 Å². The summed E-state index contributed by atoms with van der Waals surface area (Å²) in [5.41, 5.74) is 1.21. The van der Waals surface area contributed by atoms with Gasteiger partial charge in [-0.1, -0.05) is 0 Å². The average Bonchev–Trinajstić information content (AvgIpc) is 2.66. The van der Waals surface area contributed by atoms with Crippen molar-refractivity contribution < 1.29 is 0 Å². The van der Waals surface area contributed by atoms with Crippen LogP contribution in [0.5, 0.6) is 0 Å². The fourth-order valence-electron chi connectivity index (χ4n) is 1.68. The Labute approximate surface area is 136 Å². The maximum absolute atomic E-state index is 4.20. The number of nitrogens with zero attached hydrogens (tertiary/aromatic N) is 1. The molecule has 0 saturated heterocycles. The zero-order chi connectivity index (χ0) is 13.1. The molecule has 0 aromatic carbocycles. The Kier molecular flexibility index (Phi) is 5.38. The van der Waals surface area contributed by atoms with E-state index in [2.05, 4.69) is 70.2 Å². The Bertz CT molecular complexity index is 522. The maximum Gasteiger partial charge on any atom is 0.0843 e. The van der Waals surface area contributed by atoms with E-state index < -0.39 is 0 Å². The van der Waals surface area contributed by atoms with Gasteiger partial charge in [0, 0.05) is 32.3 Å². The van der Waals surface area contributed by atoms with E-state index in [1.807, 2.05) is 13.2 Å². The van der Waals surface area contributed by atoms with E-state index in [4.69, 9.17) is 0 Å². The van der Waals surface area contributed by atoms with Crippen LogP contribution in [0.25, 0.3) is 0 Å². The number of aromatic nitrogens is 1. The fourth-order valence-corrected chi connectivity index (χ4v) is 4.30. The largest absolute Gasteiger partial charge is 0.312 e. The molecule has 18 heavy (non-hydrogen) atoms. The van der Waals surface area contributed by atoms with Crippen LogP contribution in [0.1, 0.15) is 16.5 Å². The lowest BCUT2D eigenvalue weighted by Crippen LogP contribution is -2.17. The topological polar surface area (TPSA) is 24.9 Å². The third kappa shape index (κ3) is 3.63. The van der Waals surface area contributed by atoms with Crippen LogP contribution < -0.4 is 5.32 Å². The molecule has 6 heteroatoms. The number of hydrogen-bond acceptors (Lipinski definition) is 3. The van der Waals surface area contributed by atoms with Crippen molar-refractivity contribution in [1.82, 2.24) is 10.3 Å². The third-order valence-corrected chi connectivity index (χ3v) is 6.36. The highest BCUT2D eigenvalue weighted by atomic mass is 79.9. The minimum atomic E-state index is 0.300. The maximum atomic E-state index is 4.20. The van der Waals surface area contributed by atoms with E-state index in [9.17, 15) is 0 Å². The SMILES string of the molecule is CNC(Cc1cncc(Br)c1)c1cc(Br)c(Br)s1. The van der Waals surface area contributed by atoms with Gasteiger partial charge in [0.15, 0.2) is 0 Å². The number of halogens is 3. The number of thiophene rings is 1. The quantitative estimate of drug-likeness (QED) is 0.708. The lowest BCUT2D eigenvalue weighted by molar-refractivity contribution is 0.601. The second kappa shape index (κ2) is 6.61. The molecule has 96 valence electrons. The molecule has 2 rings (SSSR count). The molecule has 0 bridgehead atoms. The summed E-state index contributed by atoms with van der Waals surface area (Å²) in [5.74, 6) is 0. The van der Waals surface area contributed by atoms with E-state index in [1.165, 1.54) is 10.4 Å². The molecule has 0 fully saturated rings. The molecular weight excluding hydrogens is 444 g/mol. The normalized spacial score (nSPS) is 12.7. The van der Waals surface area contributed by atoms with Crippen molar-refractivity contribution in [3.63, 3.8) is 0 Å². The first-order chi connectivity index (χ1) is 8.60. The van der Waals surface area contributed by atoms with Crippen LogP contribution in [-0.4, -0.2) is 12.0 Å². The monoisotopic (exact) mass is 452 g/mol. The fraction of sp³-hybridized carbons (Fsp3) is 0.250. The standard InChI is InChI=1S/C12H11Br3N2S/c1-16-10(11-4-9(14)12(15)18-11)3-7-2-8(13)6-17-5-7/h2,4-6,10,16H,3H2,1H3. The first-order valence-electron chi connectivity index (χ1n) is 5.31. The molecule has 0 aliphatic heterocycles. The Morgan fingerprint density at radius 3 is 2.61 bits per heavy atom. The van der Waals surface area contributed by atoms with Crippen molar-refractivity contribution in [3.05, 3.63) is 47.7 Å². The highest BCUT2D eigenvalue weighted by Gasteiger charge is 2.15. The second-order valence-corrected chi connectivity index (χ2v) is 8.00. The molecule has 0 aliphatic carbocycles. The number of hydrogen-bond donors (Lipinski definition) is 1. The number of nitrogens with one attached hydrogen (secondary N) is 1. The summed E-state index contributed by atoms with van der Waals surface area (Å²) in [5, 5.41) is 3.35. The average molecular weight is 455 g/mol. The summed E-state index contributed by atoms with van der Waals surface area (Å²) >= 11 is 12.3. The van der Waals surface area contributed by atoms with Crippen molar-refractivity contribution in [2.45, 2.75) is 12.5 Å². The molecule has 0 amide bonds. The molecule has 0 aliphatic rings. The van der Waals surface area contributed by atoms with E-state index in [0.717, 1.165) is 19.2 Å². The van der Waals surface area contributed by atoms with Crippen LogP contribution in [0.15, 0.2) is 37.3 Å². The number of likely N-dealkylation sites (N-methyl/N-ethyl adjacent to an activating group) is 1.